The highest BCUT2D eigenvalue weighted by Gasteiger charge is 2.26. The minimum absolute atomic E-state index is 0.117. The number of benzene rings is 1. The molecule has 1 aliphatic heterocycles. The van der Waals surface area contributed by atoms with Crippen LogP contribution in [0, 0.1) is 12.8 Å². The van der Waals surface area contributed by atoms with Gasteiger partial charge in [-0.15, -0.1) is 0 Å². The number of pyridine rings is 1. The summed E-state index contributed by atoms with van der Waals surface area (Å²) < 4.78 is 27.3. The molecule has 1 N–H and O–H groups in total. The predicted molar refractivity (Wildman–Crippen MR) is 104 cm³/mol. The monoisotopic (exact) mass is 399 g/mol. The molecule has 1 atom stereocenters. The van der Waals surface area contributed by atoms with Gasteiger partial charge in [0.25, 0.3) is 0 Å². The van der Waals surface area contributed by atoms with E-state index in [0.29, 0.717) is 42.8 Å². The second-order valence-corrected chi connectivity index (χ2v) is 7.12. The highest BCUT2D eigenvalue weighted by molar-refractivity contribution is 5.93. The number of rotatable bonds is 6. The van der Waals surface area contributed by atoms with E-state index in [4.69, 9.17) is 9.47 Å². The number of ether oxygens (including phenoxy) is 2. The van der Waals surface area contributed by atoms with Crippen LogP contribution in [0.4, 0.5) is 4.39 Å². The number of fused-ring (bicyclic) bond motifs is 1. The van der Waals surface area contributed by atoms with Crippen molar-refractivity contribution in [2.24, 2.45) is 5.92 Å². The Bertz CT molecular complexity index is 1020. The first-order valence-electron chi connectivity index (χ1n) is 9.58. The molecule has 1 unspecified atom stereocenters. The Hall–Kier alpha value is -3.00. The molecule has 0 saturated carbocycles. The molecule has 1 fully saturated rings. The third kappa shape index (κ3) is 3.93. The average Bonchev–Trinajstić information content (AvgIpc) is 3.09. The van der Waals surface area contributed by atoms with Crippen LogP contribution < -0.4 is 4.74 Å². The van der Waals surface area contributed by atoms with Crippen LogP contribution in [-0.4, -0.2) is 51.8 Å². The Morgan fingerprint density at radius 2 is 2.07 bits per heavy atom. The molecule has 0 bridgehead atoms. The van der Waals surface area contributed by atoms with E-state index in [-0.39, 0.29) is 24.0 Å². The zero-order valence-electron chi connectivity index (χ0n) is 16.0. The van der Waals surface area contributed by atoms with Crippen molar-refractivity contribution in [2.75, 3.05) is 19.8 Å². The van der Waals surface area contributed by atoms with E-state index in [0.717, 1.165) is 5.69 Å². The minimum atomic E-state index is -1.18. The normalized spacial score (nSPS) is 16.1. The lowest BCUT2D eigenvalue weighted by Gasteiger charge is -2.25. The number of aromatic nitrogens is 3. The van der Waals surface area contributed by atoms with Gasteiger partial charge in [-0.05, 0) is 37.8 Å². The van der Waals surface area contributed by atoms with Gasteiger partial charge < -0.3 is 14.6 Å². The Morgan fingerprint density at radius 3 is 2.76 bits per heavy atom. The van der Waals surface area contributed by atoms with Gasteiger partial charge in [0.15, 0.2) is 11.3 Å². The van der Waals surface area contributed by atoms with E-state index in [9.17, 15) is 14.3 Å². The maximum absolute atomic E-state index is 14.7. The molecule has 152 valence electrons. The van der Waals surface area contributed by atoms with Gasteiger partial charge in [-0.3, -0.25) is 0 Å². The van der Waals surface area contributed by atoms with Gasteiger partial charge in [0.1, 0.15) is 18.5 Å². The first-order valence-corrected chi connectivity index (χ1v) is 9.58. The number of hydrogen-bond acceptors (Lipinski definition) is 5. The molecule has 0 amide bonds. The van der Waals surface area contributed by atoms with Gasteiger partial charge in [-0.25, -0.2) is 18.9 Å². The van der Waals surface area contributed by atoms with Gasteiger partial charge in [0.05, 0.1) is 16.8 Å². The molecule has 0 aliphatic carbocycles. The van der Waals surface area contributed by atoms with Gasteiger partial charge in [-0.1, -0.05) is 18.2 Å². The number of para-hydroxylation sites is 1. The van der Waals surface area contributed by atoms with Crippen molar-refractivity contribution in [1.29, 1.82) is 0 Å². The Balaban J connectivity index is 1.71. The van der Waals surface area contributed by atoms with Crippen molar-refractivity contribution in [1.82, 2.24) is 14.8 Å². The molecule has 7 nitrogen and oxygen atoms in total. The van der Waals surface area contributed by atoms with Crippen LogP contribution in [0.25, 0.3) is 16.7 Å². The summed E-state index contributed by atoms with van der Waals surface area (Å²) >= 11 is 0. The van der Waals surface area contributed by atoms with Crippen molar-refractivity contribution >= 4 is 17.0 Å². The Kier molecular flexibility index (Phi) is 5.44. The minimum Gasteiger partial charge on any atom is -0.490 e. The van der Waals surface area contributed by atoms with Crippen LogP contribution in [0.2, 0.25) is 0 Å². The van der Waals surface area contributed by atoms with Crippen LogP contribution in [0.3, 0.4) is 0 Å². The predicted octanol–water partition coefficient (Wildman–Crippen LogP) is 3.57. The Morgan fingerprint density at radius 1 is 1.34 bits per heavy atom. The summed E-state index contributed by atoms with van der Waals surface area (Å²) in [6.45, 7) is 2.74. The highest BCUT2D eigenvalue weighted by atomic mass is 19.1. The summed E-state index contributed by atoms with van der Waals surface area (Å²) in [5.41, 5.74) is 1.57. The van der Waals surface area contributed by atoms with E-state index in [1.807, 2.05) is 30.3 Å². The van der Waals surface area contributed by atoms with Crippen molar-refractivity contribution in [3.05, 3.63) is 47.8 Å². The van der Waals surface area contributed by atoms with Crippen molar-refractivity contribution in [2.45, 2.75) is 25.9 Å². The SMILES string of the molecule is Cc1nn(-c2ccccc2)c2nc(C(=O)O)cc(OCC(F)C3CCOCC3)c12. The molecule has 3 aromatic rings. The molecule has 2 aromatic heterocycles. The summed E-state index contributed by atoms with van der Waals surface area (Å²) in [6.07, 6.45) is 0.156. The fourth-order valence-corrected chi connectivity index (χ4v) is 3.61. The largest absolute Gasteiger partial charge is 0.490 e. The molecule has 29 heavy (non-hydrogen) atoms. The van der Waals surface area contributed by atoms with Crippen molar-refractivity contribution in [3.63, 3.8) is 0 Å². The smallest absolute Gasteiger partial charge is 0.354 e. The standard InChI is InChI=1S/C21H22FN3O4/c1-13-19-18(29-12-16(22)14-7-9-28-10-8-14)11-17(21(26)27)23-20(19)25(24-13)15-5-3-2-4-6-15/h2-6,11,14,16H,7-10,12H2,1H3,(H,26,27). The number of hydrogen-bond donors (Lipinski definition) is 1. The third-order valence-electron chi connectivity index (χ3n) is 5.17. The lowest BCUT2D eigenvalue weighted by molar-refractivity contribution is 0.0243. The number of carboxylic acids is 1. The number of halogens is 1. The second kappa shape index (κ2) is 8.16. The average molecular weight is 399 g/mol. The van der Waals surface area contributed by atoms with Gasteiger partial charge in [0.2, 0.25) is 0 Å². The third-order valence-corrected chi connectivity index (χ3v) is 5.17. The van der Waals surface area contributed by atoms with Gasteiger partial charge >= 0.3 is 5.97 Å². The first-order chi connectivity index (χ1) is 14.0. The fraction of sp³-hybridized carbons (Fsp3) is 0.381. The highest BCUT2D eigenvalue weighted by Crippen LogP contribution is 2.31. The van der Waals surface area contributed by atoms with E-state index < -0.39 is 12.1 Å². The van der Waals surface area contributed by atoms with Crippen LogP contribution in [0.1, 0.15) is 29.0 Å². The quantitative estimate of drug-likeness (QED) is 0.682. The number of nitrogens with zero attached hydrogens (tertiary/aromatic N) is 3. The number of carboxylic acid groups (broad SMARTS) is 1. The number of carbonyl (C=O) groups is 1. The summed E-state index contributed by atoms with van der Waals surface area (Å²) in [6, 6.07) is 10.6. The molecule has 4 rings (SSSR count). The molecule has 0 spiro atoms. The number of alkyl halides is 1. The number of aromatic carboxylic acids is 1. The maximum atomic E-state index is 14.7. The molecule has 1 saturated heterocycles. The van der Waals surface area contributed by atoms with E-state index >= 15 is 0 Å². The second-order valence-electron chi connectivity index (χ2n) is 7.12. The lowest BCUT2D eigenvalue weighted by atomic mass is 9.95. The molecule has 1 aromatic carbocycles. The van der Waals surface area contributed by atoms with E-state index in [2.05, 4.69) is 10.1 Å². The summed E-state index contributed by atoms with van der Waals surface area (Å²) in [5, 5.41) is 14.6. The lowest BCUT2D eigenvalue weighted by Crippen LogP contribution is -2.29. The first kappa shape index (κ1) is 19.3. The van der Waals surface area contributed by atoms with Gasteiger partial charge in [-0.2, -0.15) is 5.10 Å². The number of aryl methyl sites for hydroxylation is 1. The van der Waals surface area contributed by atoms with Crippen LogP contribution in [0.15, 0.2) is 36.4 Å². The van der Waals surface area contributed by atoms with Crippen LogP contribution in [-0.2, 0) is 4.74 Å². The zero-order chi connectivity index (χ0) is 20.4. The summed E-state index contributed by atoms with van der Waals surface area (Å²) in [5.74, 6) is -1.02. The molecule has 1 aliphatic rings. The maximum Gasteiger partial charge on any atom is 0.354 e. The molecule has 3 heterocycles. The molecular formula is C21H22FN3O4. The molecule has 8 heteroatoms. The zero-order valence-corrected chi connectivity index (χ0v) is 16.0. The summed E-state index contributed by atoms with van der Waals surface area (Å²) in [4.78, 5) is 15.9. The van der Waals surface area contributed by atoms with Crippen molar-refractivity contribution in [3.8, 4) is 11.4 Å². The van der Waals surface area contributed by atoms with Crippen LogP contribution >= 0.6 is 0 Å². The topological polar surface area (TPSA) is 86.5 Å². The van der Waals surface area contributed by atoms with E-state index in [1.54, 1.807) is 11.6 Å². The molecular weight excluding hydrogens is 377 g/mol. The van der Waals surface area contributed by atoms with Crippen molar-refractivity contribution < 1.29 is 23.8 Å². The van der Waals surface area contributed by atoms with E-state index in [1.165, 1.54) is 6.07 Å². The van der Waals surface area contributed by atoms with Crippen LogP contribution in [0.5, 0.6) is 5.75 Å². The molecule has 0 radical (unpaired) electrons. The van der Waals surface area contributed by atoms with Gasteiger partial charge in [0, 0.05) is 19.3 Å². The summed E-state index contributed by atoms with van der Waals surface area (Å²) in [7, 11) is 0. The fourth-order valence-electron chi connectivity index (χ4n) is 3.61. The Labute approximate surface area is 167 Å².